The molecule has 11 rings (SSSR count). The van der Waals surface area contributed by atoms with Gasteiger partial charge in [-0.15, -0.1) is 0 Å². The molecule has 0 aliphatic rings. The molecule has 0 saturated heterocycles. The first-order chi connectivity index (χ1) is 26.8. The molecule has 54 heavy (non-hydrogen) atoms. The number of aromatic nitrogens is 2. The molecule has 0 radical (unpaired) electrons. The lowest BCUT2D eigenvalue weighted by Gasteiger charge is -2.12. The Morgan fingerprint density at radius 3 is 1.41 bits per heavy atom. The zero-order valence-electron chi connectivity index (χ0n) is 29.5. The highest BCUT2D eigenvalue weighted by Gasteiger charge is 2.16. The van der Waals surface area contributed by atoms with Crippen LogP contribution >= 0.6 is 0 Å². The first-order valence-corrected chi connectivity index (χ1v) is 18.6. The Balaban J connectivity index is 1.03. The van der Waals surface area contributed by atoms with Gasteiger partial charge in [-0.05, 0) is 111 Å². The number of rotatable bonds is 5. The number of fused-ring (bicyclic) bond motifs is 7. The molecule has 11 aromatic rings. The standard InChI is InChI=1S/C52H34N2/c1-2-18-41(19-3-1)53-49-25-8-6-22-45(49)47-33-38(27-29-51(47)53)39-28-30-52-48(34-39)46-23-7-9-26-50(46)54(52)42-20-11-16-37(32-42)36-15-10-17-40(31-36)44-24-12-14-35-13-4-5-21-43(35)44/h1-34H. The van der Waals surface area contributed by atoms with Crippen LogP contribution in [0.4, 0.5) is 0 Å². The maximum atomic E-state index is 2.42. The van der Waals surface area contributed by atoms with Gasteiger partial charge in [-0.3, -0.25) is 0 Å². The van der Waals surface area contributed by atoms with Gasteiger partial charge in [0.15, 0.2) is 0 Å². The van der Waals surface area contributed by atoms with Crippen molar-refractivity contribution in [3.63, 3.8) is 0 Å². The van der Waals surface area contributed by atoms with Crippen molar-refractivity contribution < 1.29 is 0 Å². The lowest BCUT2D eigenvalue weighted by Crippen LogP contribution is -1.94. The molecule has 2 aromatic heterocycles. The van der Waals surface area contributed by atoms with E-state index in [9.17, 15) is 0 Å². The Bertz CT molecular complexity index is 3210. The topological polar surface area (TPSA) is 9.86 Å². The van der Waals surface area contributed by atoms with Crippen LogP contribution in [0.1, 0.15) is 0 Å². The van der Waals surface area contributed by atoms with E-state index in [2.05, 4.69) is 215 Å². The molecule has 2 heteroatoms. The van der Waals surface area contributed by atoms with Crippen LogP contribution in [0.3, 0.4) is 0 Å². The van der Waals surface area contributed by atoms with Crippen LogP contribution in [-0.4, -0.2) is 9.13 Å². The summed E-state index contributed by atoms with van der Waals surface area (Å²) < 4.78 is 4.79. The van der Waals surface area contributed by atoms with Crippen LogP contribution in [-0.2, 0) is 0 Å². The van der Waals surface area contributed by atoms with Crippen molar-refractivity contribution in [2.45, 2.75) is 0 Å². The third kappa shape index (κ3) is 4.81. The van der Waals surface area contributed by atoms with E-state index in [4.69, 9.17) is 0 Å². The summed E-state index contributed by atoms with van der Waals surface area (Å²) in [5.74, 6) is 0. The molecule has 0 spiro atoms. The Kier molecular flexibility index (Phi) is 6.90. The van der Waals surface area contributed by atoms with Crippen molar-refractivity contribution in [1.82, 2.24) is 9.13 Å². The third-order valence-corrected chi connectivity index (χ3v) is 11.1. The minimum Gasteiger partial charge on any atom is -0.309 e. The molecule has 0 amide bonds. The van der Waals surface area contributed by atoms with Gasteiger partial charge in [0.25, 0.3) is 0 Å². The summed E-state index contributed by atoms with van der Waals surface area (Å²) in [5, 5.41) is 7.55. The molecule has 2 heterocycles. The van der Waals surface area contributed by atoms with E-state index in [1.807, 2.05) is 0 Å². The predicted molar refractivity (Wildman–Crippen MR) is 229 cm³/mol. The highest BCUT2D eigenvalue weighted by molar-refractivity contribution is 6.12. The van der Waals surface area contributed by atoms with Gasteiger partial charge < -0.3 is 9.13 Å². The van der Waals surface area contributed by atoms with Gasteiger partial charge in [0.2, 0.25) is 0 Å². The van der Waals surface area contributed by atoms with E-state index in [-0.39, 0.29) is 0 Å². The number of para-hydroxylation sites is 3. The van der Waals surface area contributed by atoms with Crippen molar-refractivity contribution in [3.05, 3.63) is 206 Å². The van der Waals surface area contributed by atoms with E-state index in [1.165, 1.54) is 93.5 Å². The Morgan fingerprint density at radius 2 is 0.704 bits per heavy atom. The maximum absolute atomic E-state index is 2.42. The third-order valence-electron chi connectivity index (χ3n) is 11.1. The monoisotopic (exact) mass is 686 g/mol. The van der Waals surface area contributed by atoms with Gasteiger partial charge in [-0.1, -0.05) is 140 Å². The summed E-state index contributed by atoms with van der Waals surface area (Å²) in [5.41, 5.74) is 14.5. The first kappa shape index (κ1) is 30.5. The van der Waals surface area contributed by atoms with Crippen molar-refractivity contribution in [1.29, 1.82) is 0 Å². The van der Waals surface area contributed by atoms with E-state index < -0.39 is 0 Å². The largest absolute Gasteiger partial charge is 0.309 e. The summed E-state index contributed by atoms with van der Waals surface area (Å²) in [6.07, 6.45) is 0. The molecule has 0 atom stereocenters. The molecule has 0 aliphatic carbocycles. The first-order valence-electron chi connectivity index (χ1n) is 18.6. The van der Waals surface area contributed by atoms with Gasteiger partial charge in [0.1, 0.15) is 0 Å². The van der Waals surface area contributed by atoms with Crippen LogP contribution < -0.4 is 0 Å². The zero-order chi connectivity index (χ0) is 35.6. The van der Waals surface area contributed by atoms with Gasteiger partial charge in [0, 0.05) is 32.9 Å². The normalized spacial score (nSPS) is 11.7. The fourth-order valence-electron chi connectivity index (χ4n) is 8.61. The second kappa shape index (κ2) is 12.2. The lowest BCUT2D eigenvalue weighted by atomic mass is 9.95. The zero-order valence-corrected chi connectivity index (χ0v) is 29.5. The molecule has 9 aromatic carbocycles. The second-order valence-corrected chi connectivity index (χ2v) is 14.2. The molecule has 0 bridgehead atoms. The van der Waals surface area contributed by atoms with E-state index >= 15 is 0 Å². The van der Waals surface area contributed by atoms with E-state index in [1.54, 1.807) is 0 Å². The summed E-state index contributed by atoms with van der Waals surface area (Å²) in [6.45, 7) is 0. The van der Waals surface area contributed by atoms with Crippen molar-refractivity contribution in [2.24, 2.45) is 0 Å². The Hall–Kier alpha value is -7.16. The average Bonchev–Trinajstić information content (AvgIpc) is 3.76. The minimum absolute atomic E-state index is 1.15. The Morgan fingerprint density at radius 1 is 0.241 bits per heavy atom. The predicted octanol–water partition coefficient (Wildman–Crippen LogP) is 14.0. The van der Waals surface area contributed by atoms with E-state index in [0.29, 0.717) is 0 Å². The number of hydrogen-bond acceptors (Lipinski definition) is 0. The molecule has 0 fully saturated rings. The SMILES string of the molecule is c1ccc(-n2c3ccccc3c3cc(-c4ccc5c(c4)c4ccccc4n5-c4cccc(-c5cccc(-c6cccc7ccccc67)c5)c4)ccc32)cc1. The molecule has 0 saturated carbocycles. The summed E-state index contributed by atoms with van der Waals surface area (Å²) >= 11 is 0. The maximum Gasteiger partial charge on any atom is 0.0541 e. The lowest BCUT2D eigenvalue weighted by molar-refractivity contribution is 1.18. The highest BCUT2D eigenvalue weighted by atomic mass is 15.0. The van der Waals surface area contributed by atoms with E-state index in [0.717, 1.165) is 5.69 Å². The van der Waals surface area contributed by atoms with Crippen LogP contribution in [0.25, 0.3) is 99.1 Å². The van der Waals surface area contributed by atoms with Gasteiger partial charge >= 0.3 is 0 Å². The highest BCUT2D eigenvalue weighted by Crippen LogP contribution is 2.39. The summed E-state index contributed by atoms with van der Waals surface area (Å²) in [6, 6.07) is 75.2. The molecule has 2 nitrogen and oxygen atoms in total. The molecule has 0 N–H and O–H groups in total. The molecular formula is C52H34N2. The summed E-state index contributed by atoms with van der Waals surface area (Å²) in [7, 11) is 0. The van der Waals surface area contributed by atoms with Crippen molar-refractivity contribution in [2.75, 3.05) is 0 Å². The smallest absolute Gasteiger partial charge is 0.0541 e. The molecule has 252 valence electrons. The fourth-order valence-corrected chi connectivity index (χ4v) is 8.61. The second-order valence-electron chi connectivity index (χ2n) is 14.2. The number of benzene rings is 9. The van der Waals surface area contributed by atoms with Gasteiger partial charge in [0.05, 0.1) is 22.1 Å². The van der Waals surface area contributed by atoms with Gasteiger partial charge in [-0.25, -0.2) is 0 Å². The van der Waals surface area contributed by atoms with Crippen LogP contribution in [0.15, 0.2) is 206 Å². The van der Waals surface area contributed by atoms with Crippen LogP contribution in [0.5, 0.6) is 0 Å². The van der Waals surface area contributed by atoms with Crippen molar-refractivity contribution in [3.8, 4) is 44.8 Å². The molecule has 0 aliphatic heterocycles. The number of hydrogen-bond donors (Lipinski definition) is 0. The van der Waals surface area contributed by atoms with Crippen LogP contribution in [0.2, 0.25) is 0 Å². The van der Waals surface area contributed by atoms with Crippen LogP contribution in [0, 0.1) is 0 Å². The quantitative estimate of drug-likeness (QED) is 0.171. The minimum atomic E-state index is 1.15. The Labute approximate surface area is 313 Å². The number of nitrogens with zero attached hydrogens (tertiary/aromatic N) is 2. The summed E-state index contributed by atoms with van der Waals surface area (Å²) in [4.78, 5) is 0. The average molecular weight is 687 g/mol. The molecular weight excluding hydrogens is 653 g/mol. The molecule has 0 unspecified atom stereocenters. The fraction of sp³-hybridized carbons (Fsp3) is 0. The van der Waals surface area contributed by atoms with Gasteiger partial charge in [-0.2, -0.15) is 0 Å². The van der Waals surface area contributed by atoms with Crippen molar-refractivity contribution >= 4 is 54.4 Å².